The van der Waals surface area contributed by atoms with Crippen molar-refractivity contribution in [1.29, 1.82) is 0 Å². The summed E-state index contributed by atoms with van der Waals surface area (Å²) in [6, 6.07) is 29.2. The summed E-state index contributed by atoms with van der Waals surface area (Å²) in [5.74, 6) is -0.531. The van der Waals surface area contributed by atoms with Crippen LogP contribution in [0.2, 0.25) is 10.0 Å². The van der Waals surface area contributed by atoms with Crippen LogP contribution in [0.5, 0.6) is 5.75 Å². The van der Waals surface area contributed by atoms with Gasteiger partial charge < -0.3 is 15.4 Å². The molecular weight excluding hydrogens is 483 g/mol. The van der Waals surface area contributed by atoms with Crippen molar-refractivity contribution < 1.29 is 14.3 Å². The molecule has 2 atom stereocenters. The summed E-state index contributed by atoms with van der Waals surface area (Å²) >= 11 is 12.1. The largest absolute Gasteiger partial charge is 0.425 e. The van der Waals surface area contributed by atoms with Gasteiger partial charge in [0.05, 0.1) is 0 Å². The molecule has 5 nitrogen and oxygen atoms in total. The Kier molecular flexibility index (Phi) is 8.03. The Balaban J connectivity index is 1.73. The normalized spacial score (nSPS) is 12.3. The number of nitrogens with one attached hydrogen (secondary N) is 2. The van der Waals surface area contributed by atoms with Crippen molar-refractivity contribution in [1.82, 2.24) is 0 Å². The Bertz CT molecular complexity index is 1270. The number of Topliss-reactive ketones (excluding diaryl/α,β-unsaturated/α-hetero) is 1. The van der Waals surface area contributed by atoms with Crippen LogP contribution in [0.25, 0.3) is 0 Å². The molecule has 0 saturated heterocycles. The monoisotopic (exact) mass is 504 g/mol. The summed E-state index contributed by atoms with van der Waals surface area (Å²) < 4.78 is 5.66. The van der Waals surface area contributed by atoms with Gasteiger partial charge in [0, 0.05) is 27.0 Å². The average Bonchev–Trinajstić information content (AvgIpc) is 2.89. The molecule has 0 aliphatic carbocycles. The smallest absolute Gasteiger partial charge is 0.336 e. The Labute approximate surface area is 213 Å². The van der Waals surface area contributed by atoms with Crippen LogP contribution in [-0.2, 0) is 4.79 Å². The second-order valence-corrected chi connectivity index (χ2v) is 8.60. The fourth-order valence-corrected chi connectivity index (χ4v) is 3.73. The highest BCUT2D eigenvalue weighted by Crippen LogP contribution is 2.22. The van der Waals surface area contributed by atoms with Gasteiger partial charge in [-0.25, -0.2) is 4.79 Å². The number of hydrogen-bond donors (Lipinski definition) is 2. The summed E-state index contributed by atoms with van der Waals surface area (Å²) in [6.45, 7) is 0. The second-order valence-electron chi connectivity index (χ2n) is 7.72. The van der Waals surface area contributed by atoms with Crippen molar-refractivity contribution in [3.63, 3.8) is 0 Å². The molecule has 0 aliphatic rings. The number of carbonyl (C=O) groups excluding carboxylic acids is 2. The molecule has 0 heterocycles. The lowest BCUT2D eigenvalue weighted by atomic mass is 9.96. The van der Waals surface area contributed by atoms with Crippen LogP contribution in [-0.4, -0.2) is 23.8 Å². The van der Waals surface area contributed by atoms with Crippen LogP contribution < -0.4 is 15.4 Å². The van der Waals surface area contributed by atoms with E-state index in [4.69, 9.17) is 27.9 Å². The van der Waals surface area contributed by atoms with Gasteiger partial charge in [-0.1, -0.05) is 71.7 Å². The van der Waals surface area contributed by atoms with Gasteiger partial charge in [-0.15, -0.1) is 0 Å². The quantitative estimate of drug-likeness (QED) is 0.150. The Morgan fingerprint density at radius 2 is 1.06 bits per heavy atom. The third-order valence-electron chi connectivity index (χ3n) is 5.22. The van der Waals surface area contributed by atoms with Crippen molar-refractivity contribution in [2.75, 3.05) is 10.6 Å². The molecule has 0 amide bonds. The third kappa shape index (κ3) is 6.63. The molecule has 7 heteroatoms. The first kappa shape index (κ1) is 24.3. The highest BCUT2D eigenvalue weighted by atomic mass is 35.5. The molecular formula is C28H22Cl2N2O3. The number of rotatable bonds is 9. The summed E-state index contributed by atoms with van der Waals surface area (Å²) in [5.41, 5.74) is 1.68. The molecule has 0 fully saturated rings. The number of carbonyl (C=O) groups is 2. The first-order valence-corrected chi connectivity index (χ1v) is 11.7. The number of ether oxygens (including phenoxy) is 1. The van der Waals surface area contributed by atoms with Crippen molar-refractivity contribution in [3.05, 3.63) is 125 Å². The second kappa shape index (κ2) is 11.6. The highest BCUT2D eigenvalue weighted by molar-refractivity contribution is 6.30. The standard InChI is InChI=1S/C28H22Cl2N2O3/c29-20-11-15-22(16-12-20)31-25(27(33)19-7-3-1-4-8-19)26(32-23-17-13-21(30)14-18-23)28(34)35-24-9-5-2-6-10-24/h1-18,25-26,31-32H/t25?,26-/m1/s1. The fourth-order valence-electron chi connectivity index (χ4n) is 3.48. The summed E-state index contributed by atoms with van der Waals surface area (Å²) in [6.07, 6.45) is 0. The Morgan fingerprint density at radius 3 is 1.57 bits per heavy atom. The lowest BCUT2D eigenvalue weighted by molar-refractivity contribution is -0.135. The van der Waals surface area contributed by atoms with Crippen molar-refractivity contribution in [2.24, 2.45) is 0 Å². The SMILES string of the molecule is O=C(c1ccccc1)C(Nc1ccc(Cl)cc1)[C@@H](Nc1ccc(Cl)cc1)C(=O)Oc1ccccc1. The van der Waals surface area contributed by atoms with E-state index in [9.17, 15) is 9.59 Å². The molecule has 0 spiro atoms. The van der Waals surface area contributed by atoms with Gasteiger partial charge >= 0.3 is 5.97 Å². The average molecular weight is 505 g/mol. The molecule has 4 aromatic carbocycles. The lowest BCUT2D eigenvalue weighted by Crippen LogP contribution is -2.51. The van der Waals surface area contributed by atoms with E-state index in [2.05, 4.69) is 10.6 Å². The molecule has 4 rings (SSSR count). The molecule has 0 saturated carbocycles. The molecule has 176 valence electrons. The topological polar surface area (TPSA) is 67.4 Å². The van der Waals surface area contributed by atoms with E-state index in [-0.39, 0.29) is 5.78 Å². The van der Waals surface area contributed by atoms with Gasteiger partial charge in [0.2, 0.25) is 0 Å². The number of anilines is 2. The highest BCUT2D eigenvalue weighted by Gasteiger charge is 2.36. The van der Waals surface area contributed by atoms with E-state index in [1.807, 2.05) is 12.1 Å². The number of esters is 1. The summed E-state index contributed by atoms with van der Waals surface area (Å²) in [5, 5.41) is 7.48. The lowest BCUT2D eigenvalue weighted by Gasteiger charge is -2.28. The van der Waals surface area contributed by atoms with Crippen LogP contribution >= 0.6 is 23.2 Å². The summed E-state index contributed by atoms with van der Waals surface area (Å²) in [7, 11) is 0. The molecule has 35 heavy (non-hydrogen) atoms. The van der Waals surface area contributed by atoms with Crippen LogP contribution in [0.1, 0.15) is 10.4 Å². The minimum atomic E-state index is -1.08. The molecule has 0 aliphatic heterocycles. The predicted molar refractivity (Wildman–Crippen MR) is 141 cm³/mol. The zero-order chi connectivity index (χ0) is 24.6. The van der Waals surface area contributed by atoms with E-state index in [1.165, 1.54) is 0 Å². The zero-order valence-corrected chi connectivity index (χ0v) is 20.0. The number of benzene rings is 4. The van der Waals surface area contributed by atoms with Gasteiger partial charge in [-0.2, -0.15) is 0 Å². The maximum Gasteiger partial charge on any atom is 0.336 e. The van der Waals surface area contributed by atoms with Gasteiger partial charge in [0.1, 0.15) is 11.8 Å². The maximum atomic E-state index is 13.7. The van der Waals surface area contributed by atoms with Crippen LogP contribution in [0.3, 0.4) is 0 Å². The van der Waals surface area contributed by atoms with Gasteiger partial charge in [-0.05, 0) is 60.7 Å². The number of ketones is 1. The van der Waals surface area contributed by atoms with E-state index in [0.717, 1.165) is 0 Å². The molecule has 0 aromatic heterocycles. The van der Waals surface area contributed by atoms with E-state index >= 15 is 0 Å². The summed E-state index contributed by atoms with van der Waals surface area (Å²) in [4.78, 5) is 27.2. The molecule has 0 radical (unpaired) electrons. The number of hydrogen-bond acceptors (Lipinski definition) is 5. The number of para-hydroxylation sites is 1. The van der Waals surface area contributed by atoms with Gasteiger partial charge in [-0.3, -0.25) is 4.79 Å². The first-order chi connectivity index (χ1) is 17.0. The zero-order valence-electron chi connectivity index (χ0n) is 18.5. The Hall–Kier alpha value is -3.80. The predicted octanol–water partition coefficient (Wildman–Crippen LogP) is 6.74. The van der Waals surface area contributed by atoms with E-state index in [0.29, 0.717) is 32.7 Å². The fraction of sp³-hybridized carbons (Fsp3) is 0.0714. The maximum absolute atomic E-state index is 13.7. The Morgan fingerprint density at radius 1 is 0.600 bits per heavy atom. The van der Waals surface area contributed by atoms with Crippen molar-refractivity contribution in [3.8, 4) is 5.75 Å². The number of halogens is 2. The van der Waals surface area contributed by atoms with E-state index < -0.39 is 18.1 Å². The van der Waals surface area contributed by atoms with E-state index in [1.54, 1.807) is 97.1 Å². The first-order valence-electron chi connectivity index (χ1n) is 10.9. The molecule has 4 aromatic rings. The van der Waals surface area contributed by atoms with Crippen LogP contribution in [0, 0.1) is 0 Å². The van der Waals surface area contributed by atoms with Gasteiger partial charge in [0.15, 0.2) is 11.8 Å². The minimum absolute atomic E-state index is 0.281. The minimum Gasteiger partial charge on any atom is -0.425 e. The van der Waals surface area contributed by atoms with Crippen molar-refractivity contribution >= 4 is 46.3 Å². The molecule has 1 unspecified atom stereocenters. The van der Waals surface area contributed by atoms with Crippen molar-refractivity contribution in [2.45, 2.75) is 12.1 Å². The van der Waals surface area contributed by atoms with Crippen LogP contribution in [0.15, 0.2) is 109 Å². The molecule has 0 bridgehead atoms. The van der Waals surface area contributed by atoms with Crippen LogP contribution in [0.4, 0.5) is 11.4 Å². The third-order valence-corrected chi connectivity index (χ3v) is 5.73. The molecule has 2 N–H and O–H groups in total. The van der Waals surface area contributed by atoms with Gasteiger partial charge in [0.25, 0.3) is 0 Å².